The molecule has 0 saturated heterocycles. The highest BCUT2D eigenvalue weighted by atomic mass is 15.4. The van der Waals surface area contributed by atoms with Gasteiger partial charge in [0.05, 0.1) is 6.54 Å². The number of rotatable bonds is 4. The first-order chi connectivity index (χ1) is 12.3. The smallest absolute Gasteiger partial charge is 0.191 e. The summed E-state index contributed by atoms with van der Waals surface area (Å²) in [7, 11) is 1.88. The van der Waals surface area contributed by atoms with Crippen LogP contribution in [0.5, 0.6) is 0 Å². The Labute approximate surface area is 150 Å². The van der Waals surface area contributed by atoms with Crippen molar-refractivity contribution in [3.8, 4) is 0 Å². The SMILES string of the molecule is CCc1nc2n(n1)CC(NC(=NC)NC1CC1C1CCCCC1)CC2. The van der Waals surface area contributed by atoms with E-state index in [9.17, 15) is 0 Å². The minimum absolute atomic E-state index is 0.386. The summed E-state index contributed by atoms with van der Waals surface area (Å²) in [4.78, 5) is 9.07. The molecule has 6 heteroatoms. The number of nitrogens with zero attached hydrogens (tertiary/aromatic N) is 4. The first kappa shape index (κ1) is 16.9. The van der Waals surface area contributed by atoms with Crippen LogP contribution in [0, 0.1) is 11.8 Å². The van der Waals surface area contributed by atoms with Crippen molar-refractivity contribution in [3.05, 3.63) is 11.6 Å². The zero-order valence-electron chi connectivity index (χ0n) is 15.7. The van der Waals surface area contributed by atoms with Gasteiger partial charge in [0.2, 0.25) is 0 Å². The number of nitrogens with one attached hydrogen (secondary N) is 2. The molecule has 4 rings (SSSR count). The number of aromatic nitrogens is 3. The van der Waals surface area contributed by atoms with Crippen LogP contribution in [0.2, 0.25) is 0 Å². The van der Waals surface area contributed by atoms with Crippen molar-refractivity contribution < 1.29 is 0 Å². The molecule has 2 N–H and O–H groups in total. The molecule has 25 heavy (non-hydrogen) atoms. The second kappa shape index (κ2) is 7.34. The fourth-order valence-corrected chi connectivity index (χ4v) is 4.63. The van der Waals surface area contributed by atoms with Crippen LogP contribution in [0.15, 0.2) is 4.99 Å². The van der Waals surface area contributed by atoms with Crippen LogP contribution >= 0.6 is 0 Å². The van der Waals surface area contributed by atoms with Crippen LogP contribution in [0.3, 0.4) is 0 Å². The summed E-state index contributed by atoms with van der Waals surface area (Å²) in [5, 5.41) is 11.9. The number of hydrogen-bond donors (Lipinski definition) is 2. The minimum atomic E-state index is 0.386. The largest absolute Gasteiger partial charge is 0.353 e. The molecular weight excluding hydrogens is 312 g/mol. The van der Waals surface area contributed by atoms with Gasteiger partial charge in [0.1, 0.15) is 5.82 Å². The van der Waals surface area contributed by atoms with E-state index < -0.39 is 0 Å². The predicted octanol–water partition coefficient (Wildman–Crippen LogP) is 2.29. The fraction of sp³-hybridized carbons (Fsp3) is 0.842. The lowest BCUT2D eigenvalue weighted by Crippen LogP contribution is -2.48. The molecule has 1 aliphatic heterocycles. The number of aryl methyl sites for hydroxylation is 2. The highest BCUT2D eigenvalue weighted by Gasteiger charge is 2.43. The topological polar surface area (TPSA) is 67.1 Å². The molecule has 3 unspecified atom stereocenters. The van der Waals surface area contributed by atoms with Crippen molar-refractivity contribution in [1.29, 1.82) is 0 Å². The lowest BCUT2D eigenvalue weighted by molar-refractivity contribution is 0.315. The maximum atomic E-state index is 4.60. The normalized spacial score (nSPS) is 30.0. The summed E-state index contributed by atoms with van der Waals surface area (Å²) < 4.78 is 2.08. The molecule has 6 nitrogen and oxygen atoms in total. The Morgan fingerprint density at radius 1 is 1.20 bits per heavy atom. The van der Waals surface area contributed by atoms with Crippen molar-refractivity contribution in [2.45, 2.75) is 83.3 Å². The van der Waals surface area contributed by atoms with Gasteiger partial charge in [-0.1, -0.05) is 39.0 Å². The second-order valence-electron chi connectivity index (χ2n) is 7.98. The quantitative estimate of drug-likeness (QED) is 0.650. The van der Waals surface area contributed by atoms with Crippen molar-refractivity contribution in [3.63, 3.8) is 0 Å². The summed E-state index contributed by atoms with van der Waals surface area (Å²) in [6.45, 7) is 3.00. The van der Waals surface area contributed by atoms with Crippen LogP contribution in [0.25, 0.3) is 0 Å². The molecular formula is C19H32N6. The van der Waals surface area contributed by atoms with E-state index in [4.69, 9.17) is 0 Å². The second-order valence-corrected chi connectivity index (χ2v) is 7.98. The highest BCUT2D eigenvalue weighted by molar-refractivity contribution is 5.80. The maximum Gasteiger partial charge on any atom is 0.191 e. The Kier molecular flexibility index (Phi) is 4.95. The third kappa shape index (κ3) is 3.82. The lowest BCUT2D eigenvalue weighted by atomic mass is 9.85. The molecule has 2 fully saturated rings. The van der Waals surface area contributed by atoms with Gasteiger partial charge in [-0.15, -0.1) is 0 Å². The predicted molar refractivity (Wildman–Crippen MR) is 99.6 cm³/mol. The molecule has 1 aromatic heterocycles. The lowest BCUT2D eigenvalue weighted by Gasteiger charge is -2.26. The summed E-state index contributed by atoms with van der Waals surface area (Å²) in [6, 6.07) is 1.02. The molecule has 2 aliphatic carbocycles. The van der Waals surface area contributed by atoms with Gasteiger partial charge in [0, 0.05) is 32.0 Å². The highest BCUT2D eigenvalue weighted by Crippen LogP contribution is 2.44. The Bertz CT molecular complexity index is 615. The minimum Gasteiger partial charge on any atom is -0.353 e. The molecule has 2 heterocycles. The summed E-state index contributed by atoms with van der Waals surface area (Å²) in [5.74, 6) is 4.89. The molecule has 2 saturated carbocycles. The first-order valence-corrected chi connectivity index (χ1v) is 10.2. The van der Waals surface area contributed by atoms with E-state index in [-0.39, 0.29) is 0 Å². The van der Waals surface area contributed by atoms with Gasteiger partial charge in [0.25, 0.3) is 0 Å². The van der Waals surface area contributed by atoms with Crippen LogP contribution < -0.4 is 10.6 Å². The van der Waals surface area contributed by atoms with Gasteiger partial charge in [0.15, 0.2) is 11.8 Å². The molecule has 0 amide bonds. The number of guanidine groups is 1. The van der Waals surface area contributed by atoms with Crippen molar-refractivity contribution in [2.24, 2.45) is 16.8 Å². The molecule has 0 radical (unpaired) electrons. The Balaban J connectivity index is 1.28. The van der Waals surface area contributed by atoms with Gasteiger partial charge >= 0.3 is 0 Å². The average Bonchev–Trinajstić information content (AvgIpc) is 3.29. The molecule has 0 spiro atoms. The summed E-state index contributed by atoms with van der Waals surface area (Å²) >= 11 is 0. The van der Waals surface area contributed by atoms with Crippen molar-refractivity contribution in [2.75, 3.05) is 7.05 Å². The number of fused-ring (bicyclic) bond motifs is 1. The van der Waals surface area contributed by atoms with Gasteiger partial charge in [-0.2, -0.15) is 5.10 Å². The number of hydrogen-bond acceptors (Lipinski definition) is 3. The molecule has 1 aromatic rings. The standard InChI is InChI=1S/C19H32N6/c1-3-17-23-18-10-9-14(12-25(18)24-17)21-19(20-2)22-16-11-15(16)13-7-5-4-6-8-13/h13-16H,3-12H2,1-2H3,(H2,20,21,22). The van der Waals surface area contributed by atoms with Gasteiger partial charge in [-0.05, 0) is 24.7 Å². The zero-order chi connectivity index (χ0) is 17.2. The zero-order valence-corrected chi connectivity index (χ0v) is 15.7. The molecule has 3 atom stereocenters. The van der Waals surface area contributed by atoms with Gasteiger partial charge in [-0.25, -0.2) is 9.67 Å². The van der Waals surface area contributed by atoms with Crippen LogP contribution in [-0.2, 0) is 19.4 Å². The Morgan fingerprint density at radius 3 is 2.80 bits per heavy atom. The third-order valence-corrected chi connectivity index (χ3v) is 6.20. The Morgan fingerprint density at radius 2 is 2.04 bits per heavy atom. The van der Waals surface area contributed by atoms with Crippen molar-refractivity contribution in [1.82, 2.24) is 25.4 Å². The fourth-order valence-electron chi connectivity index (χ4n) is 4.63. The molecule has 138 valence electrons. The van der Waals surface area contributed by atoms with Crippen LogP contribution in [-0.4, -0.2) is 39.9 Å². The Hall–Kier alpha value is -1.59. The van der Waals surface area contributed by atoms with E-state index in [0.717, 1.165) is 55.3 Å². The van der Waals surface area contributed by atoms with Gasteiger partial charge in [-0.3, -0.25) is 4.99 Å². The molecule has 0 bridgehead atoms. The molecule has 0 aromatic carbocycles. The van der Waals surface area contributed by atoms with E-state index in [0.29, 0.717) is 12.1 Å². The summed E-state index contributed by atoms with van der Waals surface area (Å²) in [6.07, 6.45) is 11.5. The monoisotopic (exact) mass is 344 g/mol. The van der Waals surface area contributed by atoms with Crippen LogP contribution in [0.4, 0.5) is 0 Å². The third-order valence-electron chi connectivity index (χ3n) is 6.20. The molecule has 3 aliphatic rings. The average molecular weight is 345 g/mol. The first-order valence-electron chi connectivity index (χ1n) is 10.2. The van der Waals surface area contributed by atoms with E-state index in [1.165, 1.54) is 38.5 Å². The van der Waals surface area contributed by atoms with E-state index in [1.807, 2.05) is 7.05 Å². The van der Waals surface area contributed by atoms with E-state index in [1.54, 1.807) is 0 Å². The van der Waals surface area contributed by atoms with Gasteiger partial charge < -0.3 is 10.6 Å². The maximum absolute atomic E-state index is 4.60. The van der Waals surface area contributed by atoms with E-state index >= 15 is 0 Å². The van der Waals surface area contributed by atoms with Crippen LogP contribution in [0.1, 0.15) is 63.5 Å². The van der Waals surface area contributed by atoms with Crippen molar-refractivity contribution >= 4 is 5.96 Å². The number of aliphatic imine (C=N–C) groups is 1. The summed E-state index contributed by atoms with van der Waals surface area (Å²) in [5.41, 5.74) is 0. The van der Waals surface area contributed by atoms with E-state index in [2.05, 4.69) is 37.3 Å².